The van der Waals surface area contributed by atoms with Crippen LogP contribution in [0.25, 0.3) is 11.1 Å². The number of aliphatic carboxylic acids is 1. The highest BCUT2D eigenvalue weighted by Gasteiger charge is 2.07. The summed E-state index contributed by atoms with van der Waals surface area (Å²) in [6, 6.07) is 30.9. The number of carbonyl (C=O) groups is 1. The molecule has 4 heteroatoms. The lowest BCUT2D eigenvalue weighted by Gasteiger charge is -2.11. The van der Waals surface area contributed by atoms with Crippen molar-refractivity contribution in [3.8, 4) is 40.2 Å². The van der Waals surface area contributed by atoms with Gasteiger partial charge in [0.15, 0.2) is 11.5 Å². The molecule has 0 bridgehead atoms. The van der Waals surface area contributed by atoms with Crippen LogP contribution in [-0.2, 0) is 11.2 Å². The molecule has 0 aromatic heterocycles. The lowest BCUT2D eigenvalue weighted by Crippen LogP contribution is -2.00. The summed E-state index contributed by atoms with van der Waals surface area (Å²) in [6.07, 6.45) is -0.0586. The molecule has 0 aliphatic heterocycles. The van der Waals surface area contributed by atoms with Crippen LogP contribution < -0.4 is 9.47 Å². The topological polar surface area (TPSA) is 55.8 Å². The van der Waals surface area contributed by atoms with E-state index in [0.29, 0.717) is 22.8 Å². The van der Waals surface area contributed by atoms with E-state index in [2.05, 4.69) is 55.2 Å². The molecule has 4 nitrogen and oxygen atoms in total. The first-order chi connectivity index (χ1) is 16.6. The third-order valence-electron chi connectivity index (χ3n) is 5.10. The van der Waals surface area contributed by atoms with Gasteiger partial charge in [0.1, 0.15) is 12.4 Å². The van der Waals surface area contributed by atoms with Gasteiger partial charge in [-0.1, -0.05) is 78.1 Å². The SMILES string of the molecule is Cc1cccc(-c2ccc(C#CCOc3ccccc3Oc3cccc(CC(=O)O)c3)cc2)c1. The molecule has 4 aromatic carbocycles. The molecule has 0 heterocycles. The first-order valence-corrected chi connectivity index (χ1v) is 10.9. The summed E-state index contributed by atoms with van der Waals surface area (Å²) in [6.45, 7) is 2.29. The number of rotatable bonds is 7. The van der Waals surface area contributed by atoms with Crippen LogP contribution in [0.1, 0.15) is 16.7 Å². The fourth-order valence-electron chi connectivity index (χ4n) is 3.50. The molecule has 4 rings (SSSR count). The molecule has 0 unspecified atom stereocenters. The summed E-state index contributed by atoms with van der Waals surface area (Å²) in [7, 11) is 0. The second-order valence-electron chi connectivity index (χ2n) is 7.80. The minimum Gasteiger partial charge on any atom is -0.481 e. The van der Waals surface area contributed by atoms with Gasteiger partial charge in [-0.25, -0.2) is 0 Å². The molecule has 0 saturated carbocycles. The van der Waals surface area contributed by atoms with Crippen LogP contribution >= 0.6 is 0 Å². The minimum atomic E-state index is -0.885. The Morgan fingerprint density at radius 1 is 0.824 bits per heavy atom. The number of carboxylic acids is 1. The monoisotopic (exact) mass is 448 g/mol. The second-order valence-corrected chi connectivity index (χ2v) is 7.80. The molecule has 0 aliphatic rings. The van der Waals surface area contributed by atoms with E-state index in [-0.39, 0.29) is 13.0 Å². The Morgan fingerprint density at radius 2 is 1.59 bits per heavy atom. The molecule has 0 spiro atoms. The first kappa shape index (κ1) is 22.7. The van der Waals surface area contributed by atoms with E-state index in [0.717, 1.165) is 11.1 Å². The molecule has 4 aromatic rings. The highest BCUT2D eigenvalue weighted by Crippen LogP contribution is 2.31. The molecule has 0 amide bonds. The number of para-hydroxylation sites is 2. The van der Waals surface area contributed by atoms with Crippen LogP contribution in [0.4, 0.5) is 0 Å². The van der Waals surface area contributed by atoms with Gasteiger partial charge in [-0.2, -0.15) is 0 Å². The zero-order valence-electron chi connectivity index (χ0n) is 18.8. The van der Waals surface area contributed by atoms with Crippen LogP contribution in [0.5, 0.6) is 17.2 Å². The molecular weight excluding hydrogens is 424 g/mol. The van der Waals surface area contributed by atoms with E-state index in [1.165, 1.54) is 11.1 Å². The number of hydrogen-bond donors (Lipinski definition) is 1. The van der Waals surface area contributed by atoms with Crippen molar-refractivity contribution >= 4 is 5.97 Å². The van der Waals surface area contributed by atoms with Crippen LogP contribution in [0.2, 0.25) is 0 Å². The maximum atomic E-state index is 11.0. The fraction of sp³-hybridized carbons (Fsp3) is 0.100. The smallest absolute Gasteiger partial charge is 0.307 e. The Labute approximate surface area is 199 Å². The van der Waals surface area contributed by atoms with Gasteiger partial charge in [0.05, 0.1) is 6.42 Å². The van der Waals surface area contributed by atoms with Crippen molar-refractivity contribution in [2.75, 3.05) is 6.61 Å². The number of aryl methyl sites for hydroxylation is 1. The van der Waals surface area contributed by atoms with Crippen molar-refractivity contribution in [1.82, 2.24) is 0 Å². The van der Waals surface area contributed by atoms with Crippen molar-refractivity contribution < 1.29 is 19.4 Å². The summed E-state index contributed by atoms with van der Waals surface area (Å²) in [4.78, 5) is 11.0. The van der Waals surface area contributed by atoms with Crippen molar-refractivity contribution in [2.45, 2.75) is 13.3 Å². The molecule has 1 N–H and O–H groups in total. The molecule has 168 valence electrons. The summed E-state index contributed by atoms with van der Waals surface area (Å²) in [5.41, 5.74) is 5.16. The van der Waals surface area contributed by atoms with Crippen LogP contribution in [0.3, 0.4) is 0 Å². The van der Waals surface area contributed by atoms with Crippen molar-refractivity contribution in [3.63, 3.8) is 0 Å². The Kier molecular flexibility index (Phi) is 7.27. The van der Waals surface area contributed by atoms with E-state index in [4.69, 9.17) is 14.6 Å². The van der Waals surface area contributed by atoms with Crippen molar-refractivity contribution in [1.29, 1.82) is 0 Å². The summed E-state index contributed by atoms with van der Waals surface area (Å²) < 4.78 is 11.8. The van der Waals surface area contributed by atoms with E-state index < -0.39 is 5.97 Å². The van der Waals surface area contributed by atoms with Gasteiger partial charge < -0.3 is 14.6 Å². The predicted molar refractivity (Wildman–Crippen MR) is 133 cm³/mol. The van der Waals surface area contributed by atoms with Gasteiger partial charge in [0.2, 0.25) is 0 Å². The molecule has 0 radical (unpaired) electrons. The Morgan fingerprint density at radius 3 is 2.35 bits per heavy atom. The average Bonchev–Trinajstić information content (AvgIpc) is 2.83. The maximum absolute atomic E-state index is 11.0. The minimum absolute atomic E-state index is 0.0586. The Hall–Kier alpha value is -4.49. The highest BCUT2D eigenvalue weighted by atomic mass is 16.5. The summed E-state index contributed by atoms with van der Waals surface area (Å²) in [5.74, 6) is 6.95. The predicted octanol–water partition coefficient (Wildman–Crippen LogP) is 6.51. The van der Waals surface area contributed by atoms with Gasteiger partial charge in [-0.05, 0) is 60.0 Å². The standard InChI is InChI=1S/C30H24O4/c1-22-7-4-10-26(19-22)25-16-14-23(15-17-25)9-6-18-33-28-12-2-3-13-29(28)34-27-11-5-8-24(20-27)21-30(31)32/h2-5,7-8,10-17,19-20H,18,21H2,1H3,(H,31,32). The Bertz CT molecular complexity index is 1340. The third kappa shape index (κ3) is 6.27. The first-order valence-electron chi connectivity index (χ1n) is 10.9. The molecule has 0 aliphatic carbocycles. The van der Waals surface area contributed by atoms with E-state index in [9.17, 15) is 4.79 Å². The van der Waals surface area contributed by atoms with Crippen molar-refractivity contribution in [2.24, 2.45) is 0 Å². The van der Waals surface area contributed by atoms with E-state index in [1.807, 2.05) is 30.3 Å². The molecule has 0 saturated heterocycles. The van der Waals surface area contributed by atoms with Gasteiger partial charge in [0.25, 0.3) is 0 Å². The van der Waals surface area contributed by atoms with Crippen LogP contribution in [0, 0.1) is 18.8 Å². The highest BCUT2D eigenvalue weighted by molar-refractivity contribution is 5.70. The number of ether oxygens (including phenoxy) is 2. The summed E-state index contributed by atoms with van der Waals surface area (Å²) in [5, 5.41) is 9.00. The number of carboxylic acid groups (broad SMARTS) is 1. The summed E-state index contributed by atoms with van der Waals surface area (Å²) >= 11 is 0. The molecule has 0 fully saturated rings. The van der Waals surface area contributed by atoms with Gasteiger partial charge >= 0.3 is 5.97 Å². The van der Waals surface area contributed by atoms with E-state index >= 15 is 0 Å². The zero-order chi connectivity index (χ0) is 23.8. The molecule has 34 heavy (non-hydrogen) atoms. The second kappa shape index (κ2) is 10.9. The third-order valence-corrected chi connectivity index (χ3v) is 5.10. The molecule has 0 atom stereocenters. The normalized spacial score (nSPS) is 10.1. The lowest BCUT2D eigenvalue weighted by atomic mass is 10.0. The van der Waals surface area contributed by atoms with Gasteiger partial charge in [-0.3, -0.25) is 4.79 Å². The van der Waals surface area contributed by atoms with Gasteiger partial charge in [0, 0.05) is 5.56 Å². The van der Waals surface area contributed by atoms with Gasteiger partial charge in [-0.15, -0.1) is 0 Å². The van der Waals surface area contributed by atoms with Crippen LogP contribution in [-0.4, -0.2) is 17.7 Å². The quantitative estimate of drug-likeness (QED) is 0.327. The van der Waals surface area contributed by atoms with E-state index in [1.54, 1.807) is 30.3 Å². The maximum Gasteiger partial charge on any atom is 0.307 e. The van der Waals surface area contributed by atoms with Crippen LogP contribution in [0.15, 0.2) is 97.1 Å². The average molecular weight is 449 g/mol. The Balaban J connectivity index is 1.39. The number of benzene rings is 4. The fourth-order valence-corrected chi connectivity index (χ4v) is 3.50. The number of hydrogen-bond acceptors (Lipinski definition) is 3. The lowest BCUT2D eigenvalue weighted by molar-refractivity contribution is -0.136. The zero-order valence-corrected chi connectivity index (χ0v) is 18.8. The largest absolute Gasteiger partial charge is 0.481 e. The molecular formula is C30H24O4. The van der Waals surface area contributed by atoms with Crippen molar-refractivity contribution in [3.05, 3.63) is 114 Å².